The molecule has 0 spiro atoms. The fourth-order valence-electron chi connectivity index (χ4n) is 2.38. The SMILES string of the molecule is Cl.O=C(CNCC1CC1)NCCC(=O)N1CCCCC1. The summed E-state index contributed by atoms with van der Waals surface area (Å²) in [5, 5.41) is 5.94. The minimum absolute atomic E-state index is 0. The van der Waals surface area contributed by atoms with Crippen LogP contribution in [0.1, 0.15) is 38.5 Å². The summed E-state index contributed by atoms with van der Waals surface area (Å²) in [6.45, 7) is 3.54. The number of amides is 2. The number of likely N-dealkylation sites (tertiary alicyclic amines) is 1. The minimum atomic E-state index is -0.00732. The lowest BCUT2D eigenvalue weighted by Crippen LogP contribution is -2.39. The van der Waals surface area contributed by atoms with Gasteiger partial charge in [0.1, 0.15) is 0 Å². The third kappa shape index (κ3) is 6.57. The molecular formula is C14H26ClN3O2. The number of piperidine rings is 1. The van der Waals surface area contributed by atoms with Crippen LogP contribution in [0.15, 0.2) is 0 Å². The molecule has 1 aliphatic heterocycles. The second-order valence-corrected chi connectivity index (χ2v) is 5.62. The van der Waals surface area contributed by atoms with Crippen molar-refractivity contribution in [3.05, 3.63) is 0 Å². The molecule has 2 N–H and O–H groups in total. The van der Waals surface area contributed by atoms with Crippen molar-refractivity contribution in [3.63, 3.8) is 0 Å². The van der Waals surface area contributed by atoms with Gasteiger partial charge < -0.3 is 15.5 Å². The monoisotopic (exact) mass is 303 g/mol. The van der Waals surface area contributed by atoms with Crippen LogP contribution >= 0.6 is 12.4 Å². The van der Waals surface area contributed by atoms with Crippen LogP contribution in [0, 0.1) is 5.92 Å². The molecule has 0 atom stereocenters. The number of hydrogen-bond acceptors (Lipinski definition) is 3. The Kier molecular flexibility index (Phi) is 7.92. The smallest absolute Gasteiger partial charge is 0.233 e. The molecule has 116 valence electrons. The summed E-state index contributed by atoms with van der Waals surface area (Å²) in [6.07, 6.45) is 6.46. The molecule has 0 unspecified atom stereocenters. The van der Waals surface area contributed by atoms with Gasteiger partial charge in [-0.05, 0) is 44.6 Å². The molecule has 1 saturated heterocycles. The number of rotatable bonds is 7. The Morgan fingerprint density at radius 1 is 1.10 bits per heavy atom. The van der Waals surface area contributed by atoms with Crippen LogP contribution in [-0.4, -0.2) is 49.4 Å². The zero-order valence-corrected chi connectivity index (χ0v) is 12.8. The maximum Gasteiger partial charge on any atom is 0.233 e. The van der Waals surface area contributed by atoms with E-state index in [1.165, 1.54) is 19.3 Å². The summed E-state index contributed by atoms with van der Waals surface area (Å²) >= 11 is 0. The van der Waals surface area contributed by atoms with Crippen molar-refractivity contribution in [2.24, 2.45) is 5.92 Å². The quantitative estimate of drug-likeness (QED) is 0.735. The zero-order chi connectivity index (χ0) is 13.5. The van der Waals surface area contributed by atoms with Gasteiger partial charge in [-0.25, -0.2) is 0 Å². The molecule has 2 rings (SSSR count). The Bertz CT molecular complexity index is 316. The first-order valence-corrected chi connectivity index (χ1v) is 7.51. The first-order chi connectivity index (χ1) is 9.25. The highest BCUT2D eigenvalue weighted by Gasteiger charge is 2.20. The van der Waals surface area contributed by atoms with Crippen molar-refractivity contribution >= 4 is 24.2 Å². The van der Waals surface area contributed by atoms with Crippen LogP contribution in [0.5, 0.6) is 0 Å². The topological polar surface area (TPSA) is 61.4 Å². The lowest BCUT2D eigenvalue weighted by Gasteiger charge is -2.26. The van der Waals surface area contributed by atoms with Gasteiger partial charge in [0.2, 0.25) is 11.8 Å². The average Bonchev–Trinajstić information content (AvgIpc) is 3.24. The molecule has 20 heavy (non-hydrogen) atoms. The van der Waals surface area contributed by atoms with Gasteiger partial charge in [-0.2, -0.15) is 0 Å². The third-order valence-electron chi connectivity index (χ3n) is 3.79. The number of carbonyl (C=O) groups excluding carboxylic acids is 2. The van der Waals surface area contributed by atoms with Crippen LogP contribution in [0.25, 0.3) is 0 Å². The lowest BCUT2D eigenvalue weighted by atomic mass is 10.1. The Morgan fingerprint density at radius 2 is 1.80 bits per heavy atom. The first-order valence-electron chi connectivity index (χ1n) is 7.51. The van der Waals surface area contributed by atoms with Crippen LogP contribution in [0.3, 0.4) is 0 Å². The van der Waals surface area contributed by atoms with Gasteiger partial charge in [-0.3, -0.25) is 9.59 Å². The van der Waals surface area contributed by atoms with E-state index in [1.54, 1.807) is 0 Å². The molecule has 6 heteroatoms. The van der Waals surface area contributed by atoms with Crippen molar-refractivity contribution in [2.45, 2.75) is 38.5 Å². The molecule has 0 aromatic rings. The average molecular weight is 304 g/mol. The Morgan fingerprint density at radius 3 is 2.45 bits per heavy atom. The highest BCUT2D eigenvalue weighted by molar-refractivity contribution is 5.85. The van der Waals surface area contributed by atoms with E-state index in [9.17, 15) is 9.59 Å². The predicted octanol–water partition coefficient (Wildman–Crippen LogP) is 0.927. The second-order valence-electron chi connectivity index (χ2n) is 5.62. The Balaban J connectivity index is 0.00000200. The third-order valence-corrected chi connectivity index (χ3v) is 3.79. The second kappa shape index (κ2) is 9.19. The Labute approximate surface area is 127 Å². The number of nitrogens with one attached hydrogen (secondary N) is 2. The van der Waals surface area contributed by atoms with Gasteiger partial charge in [-0.1, -0.05) is 0 Å². The van der Waals surface area contributed by atoms with E-state index in [0.717, 1.165) is 38.4 Å². The van der Waals surface area contributed by atoms with E-state index in [-0.39, 0.29) is 24.2 Å². The van der Waals surface area contributed by atoms with E-state index < -0.39 is 0 Å². The molecular weight excluding hydrogens is 278 g/mol. The molecule has 2 aliphatic rings. The van der Waals surface area contributed by atoms with Crippen LogP contribution in [-0.2, 0) is 9.59 Å². The fourth-order valence-corrected chi connectivity index (χ4v) is 2.38. The van der Waals surface area contributed by atoms with Crippen LogP contribution in [0.4, 0.5) is 0 Å². The molecule has 2 amide bonds. The predicted molar refractivity (Wildman–Crippen MR) is 80.9 cm³/mol. The number of carbonyl (C=O) groups is 2. The molecule has 0 aromatic heterocycles. The van der Waals surface area contributed by atoms with Gasteiger partial charge in [0.25, 0.3) is 0 Å². The van der Waals surface area contributed by atoms with Crippen molar-refractivity contribution in [2.75, 3.05) is 32.7 Å². The van der Waals surface area contributed by atoms with Crippen molar-refractivity contribution in [1.29, 1.82) is 0 Å². The molecule has 0 aromatic carbocycles. The molecule has 1 heterocycles. The van der Waals surface area contributed by atoms with E-state index in [4.69, 9.17) is 0 Å². The molecule has 0 bridgehead atoms. The first kappa shape index (κ1) is 17.2. The number of hydrogen-bond donors (Lipinski definition) is 2. The van der Waals surface area contributed by atoms with Crippen LogP contribution < -0.4 is 10.6 Å². The minimum Gasteiger partial charge on any atom is -0.354 e. The molecule has 0 radical (unpaired) electrons. The van der Waals surface area contributed by atoms with Gasteiger partial charge in [0.05, 0.1) is 6.54 Å². The lowest BCUT2D eigenvalue weighted by molar-refractivity contribution is -0.132. The van der Waals surface area contributed by atoms with E-state index in [1.807, 2.05) is 4.90 Å². The molecule has 2 fully saturated rings. The van der Waals surface area contributed by atoms with Crippen molar-refractivity contribution in [3.8, 4) is 0 Å². The standard InChI is InChI=1S/C14H25N3O2.ClH/c18-13(11-15-10-12-4-5-12)16-7-6-14(19)17-8-2-1-3-9-17;/h12,15H,1-11H2,(H,16,18);1H. The zero-order valence-electron chi connectivity index (χ0n) is 12.0. The van der Waals surface area contributed by atoms with E-state index in [2.05, 4.69) is 10.6 Å². The summed E-state index contributed by atoms with van der Waals surface area (Å²) < 4.78 is 0. The van der Waals surface area contributed by atoms with Crippen LogP contribution in [0.2, 0.25) is 0 Å². The summed E-state index contributed by atoms with van der Waals surface area (Å²) in [5.74, 6) is 0.950. The Hall–Kier alpha value is -0.810. The van der Waals surface area contributed by atoms with Crippen molar-refractivity contribution in [1.82, 2.24) is 15.5 Å². The largest absolute Gasteiger partial charge is 0.354 e. The summed E-state index contributed by atoms with van der Waals surface area (Å²) in [6, 6.07) is 0. The number of nitrogens with zero attached hydrogens (tertiary/aromatic N) is 1. The highest BCUT2D eigenvalue weighted by Crippen LogP contribution is 2.27. The van der Waals surface area contributed by atoms with Gasteiger partial charge in [-0.15, -0.1) is 12.4 Å². The summed E-state index contributed by atoms with van der Waals surface area (Å²) in [5.41, 5.74) is 0. The normalized spacial score (nSPS) is 18.3. The fraction of sp³-hybridized carbons (Fsp3) is 0.857. The summed E-state index contributed by atoms with van der Waals surface area (Å²) in [4.78, 5) is 25.3. The maximum atomic E-state index is 11.9. The molecule has 1 aliphatic carbocycles. The van der Waals surface area contributed by atoms with Gasteiger partial charge in [0.15, 0.2) is 0 Å². The van der Waals surface area contributed by atoms with Gasteiger partial charge >= 0.3 is 0 Å². The van der Waals surface area contributed by atoms with Gasteiger partial charge in [0, 0.05) is 26.1 Å². The highest BCUT2D eigenvalue weighted by atomic mass is 35.5. The molecule has 5 nitrogen and oxygen atoms in total. The van der Waals surface area contributed by atoms with E-state index >= 15 is 0 Å². The molecule has 1 saturated carbocycles. The maximum absolute atomic E-state index is 11.9. The van der Waals surface area contributed by atoms with E-state index in [0.29, 0.717) is 19.5 Å². The number of halogens is 1. The van der Waals surface area contributed by atoms with Crippen molar-refractivity contribution < 1.29 is 9.59 Å². The summed E-state index contributed by atoms with van der Waals surface area (Å²) in [7, 11) is 0.